The summed E-state index contributed by atoms with van der Waals surface area (Å²) in [5.74, 6) is -0.525. The summed E-state index contributed by atoms with van der Waals surface area (Å²) in [6.07, 6.45) is -0.0107. The minimum absolute atomic E-state index is 0.00958. The van der Waals surface area contributed by atoms with Gasteiger partial charge in [-0.05, 0) is 25.3 Å². The van der Waals surface area contributed by atoms with E-state index in [0.29, 0.717) is 12.3 Å². The van der Waals surface area contributed by atoms with Crippen LogP contribution >= 0.6 is 23.1 Å². The molecule has 0 aliphatic rings. The third kappa shape index (κ3) is 4.70. The predicted molar refractivity (Wildman–Crippen MR) is 74.1 cm³/mol. The van der Waals surface area contributed by atoms with Crippen LogP contribution in [0.25, 0.3) is 0 Å². The van der Waals surface area contributed by atoms with Gasteiger partial charge in [0.05, 0.1) is 16.4 Å². The summed E-state index contributed by atoms with van der Waals surface area (Å²) < 4.78 is 1.10. The number of amides is 1. The minimum atomic E-state index is -0.875. The molecule has 0 bridgehead atoms. The van der Waals surface area contributed by atoms with Gasteiger partial charge < -0.3 is 10.0 Å². The number of nitrogens with zero attached hydrogens (tertiary/aromatic N) is 1. The molecule has 0 aromatic carbocycles. The van der Waals surface area contributed by atoms with Gasteiger partial charge in [0.2, 0.25) is 5.91 Å². The standard InChI is InChI=1S/C12H17NO3S2/c1-3-13(9(2)7-11(15)16)10(14)8-18-12-5-4-6-17-12/h4-6,9H,3,7-8H2,1-2H3,(H,15,16). The fourth-order valence-electron chi connectivity index (χ4n) is 1.66. The molecule has 6 heteroatoms. The van der Waals surface area contributed by atoms with Gasteiger partial charge in [-0.3, -0.25) is 9.59 Å². The topological polar surface area (TPSA) is 57.6 Å². The maximum atomic E-state index is 12.0. The molecule has 1 aromatic rings. The van der Waals surface area contributed by atoms with E-state index in [4.69, 9.17) is 5.11 Å². The molecule has 0 spiro atoms. The molecule has 1 rings (SSSR count). The molecule has 0 saturated heterocycles. The van der Waals surface area contributed by atoms with Crippen LogP contribution in [0.2, 0.25) is 0 Å². The van der Waals surface area contributed by atoms with Crippen molar-refractivity contribution in [2.24, 2.45) is 0 Å². The fourth-order valence-corrected chi connectivity index (χ4v) is 3.33. The van der Waals surface area contributed by atoms with Crippen LogP contribution in [0.5, 0.6) is 0 Å². The zero-order chi connectivity index (χ0) is 13.5. The highest BCUT2D eigenvalue weighted by Crippen LogP contribution is 2.23. The number of carbonyl (C=O) groups is 2. The molecule has 1 aromatic heterocycles. The predicted octanol–water partition coefficient (Wildman–Crippen LogP) is 2.55. The van der Waals surface area contributed by atoms with E-state index >= 15 is 0 Å². The molecule has 1 unspecified atom stereocenters. The number of carboxylic acids is 1. The lowest BCUT2D eigenvalue weighted by Gasteiger charge is -2.26. The summed E-state index contributed by atoms with van der Waals surface area (Å²) in [7, 11) is 0. The summed E-state index contributed by atoms with van der Waals surface area (Å²) in [5, 5.41) is 10.7. The molecule has 0 radical (unpaired) electrons. The smallest absolute Gasteiger partial charge is 0.305 e. The third-order valence-electron chi connectivity index (χ3n) is 2.50. The SMILES string of the molecule is CCN(C(=O)CSc1cccs1)C(C)CC(=O)O. The molecule has 0 aliphatic heterocycles. The van der Waals surface area contributed by atoms with Crippen LogP contribution in [0.15, 0.2) is 21.7 Å². The van der Waals surface area contributed by atoms with Crippen molar-refractivity contribution in [3.05, 3.63) is 17.5 Å². The lowest BCUT2D eigenvalue weighted by molar-refractivity contribution is -0.139. The number of rotatable bonds is 7. The first-order valence-corrected chi connectivity index (χ1v) is 7.58. The highest BCUT2D eigenvalue weighted by atomic mass is 32.2. The van der Waals surface area contributed by atoms with Crippen LogP contribution in [-0.2, 0) is 9.59 Å². The van der Waals surface area contributed by atoms with Crippen LogP contribution < -0.4 is 0 Å². The van der Waals surface area contributed by atoms with Crippen molar-refractivity contribution in [3.8, 4) is 0 Å². The van der Waals surface area contributed by atoms with Crippen molar-refractivity contribution in [1.29, 1.82) is 0 Å². The van der Waals surface area contributed by atoms with Crippen molar-refractivity contribution in [2.75, 3.05) is 12.3 Å². The first-order chi connectivity index (χ1) is 8.54. The van der Waals surface area contributed by atoms with Gasteiger partial charge >= 0.3 is 5.97 Å². The van der Waals surface area contributed by atoms with Crippen molar-refractivity contribution in [3.63, 3.8) is 0 Å². The van der Waals surface area contributed by atoms with E-state index in [1.165, 1.54) is 11.8 Å². The lowest BCUT2D eigenvalue weighted by Crippen LogP contribution is -2.40. The fraction of sp³-hybridized carbons (Fsp3) is 0.500. The summed E-state index contributed by atoms with van der Waals surface area (Å²) in [5.41, 5.74) is 0. The van der Waals surface area contributed by atoms with Crippen molar-refractivity contribution in [1.82, 2.24) is 4.90 Å². The Hall–Kier alpha value is -1.01. The van der Waals surface area contributed by atoms with Gasteiger partial charge in [0.1, 0.15) is 0 Å². The Morgan fingerprint density at radius 3 is 2.78 bits per heavy atom. The largest absolute Gasteiger partial charge is 0.481 e. The molecule has 4 nitrogen and oxygen atoms in total. The number of hydrogen-bond donors (Lipinski definition) is 1. The molecule has 100 valence electrons. The van der Waals surface area contributed by atoms with Crippen LogP contribution in [-0.4, -0.2) is 40.2 Å². The average molecular weight is 287 g/mol. The minimum Gasteiger partial charge on any atom is -0.481 e. The van der Waals surface area contributed by atoms with E-state index in [1.54, 1.807) is 23.2 Å². The highest BCUT2D eigenvalue weighted by Gasteiger charge is 2.20. The van der Waals surface area contributed by atoms with Gasteiger partial charge in [-0.25, -0.2) is 0 Å². The molecule has 0 fully saturated rings. The zero-order valence-corrected chi connectivity index (χ0v) is 12.1. The van der Waals surface area contributed by atoms with Gasteiger partial charge in [0.25, 0.3) is 0 Å². The van der Waals surface area contributed by atoms with E-state index in [9.17, 15) is 9.59 Å². The van der Waals surface area contributed by atoms with Crippen molar-refractivity contribution >= 4 is 35.0 Å². The Morgan fingerprint density at radius 1 is 1.56 bits per heavy atom. The molecular formula is C12H17NO3S2. The van der Waals surface area contributed by atoms with Crippen molar-refractivity contribution < 1.29 is 14.7 Å². The summed E-state index contributed by atoms with van der Waals surface area (Å²) in [6, 6.07) is 3.66. The maximum Gasteiger partial charge on any atom is 0.305 e. The maximum absolute atomic E-state index is 12.0. The molecule has 1 N–H and O–H groups in total. The van der Waals surface area contributed by atoms with E-state index < -0.39 is 5.97 Å². The summed E-state index contributed by atoms with van der Waals surface area (Å²) in [4.78, 5) is 24.3. The number of thiophene rings is 1. The number of carboxylic acid groups (broad SMARTS) is 1. The van der Waals surface area contributed by atoms with E-state index in [0.717, 1.165) is 4.21 Å². The first-order valence-electron chi connectivity index (χ1n) is 5.72. The molecule has 0 aliphatic carbocycles. The van der Waals surface area contributed by atoms with Crippen LogP contribution in [0, 0.1) is 0 Å². The van der Waals surface area contributed by atoms with E-state index in [-0.39, 0.29) is 18.4 Å². The van der Waals surface area contributed by atoms with Crippen LogP contribution in [0.4, 0.5) is 0 Å². The second-order valence-corrected chi connectivity index (χ2v) is 6.07. The van der Waals surface area contributed by atoms with E-state index in [1.807, 2.05) is 24.4 Å². The molecule has 1 atom stereocenters. The Labute approximate surface area is 115 Å². The van der Waals surface area contributed by atoms with Gasteiger partial charge in [0.15, 0.2) is 0 Å². The number of aliphatic carboxylic acids is 1. The Morgan fingerprint density at radius 2 is 2.28 bits per heavy atom. The van der Waals surface area contributed by atoms with Gasteiger partial charge in [0, 0.05) is 12.6 Å². The van der Waals surface area contributed by atoms with Gasteiger partial charge in [-0.1, -0.05) is 6.07 Å². The number of hydrogen-bond acceptors (Lipinski definition) is 4. The monoisotopic (exact) mass is 287 g/mol. The van der Waals surface area contributed by atoms with Crippen LogP contribution in [0.1, 0.15) is 20.3 Å². The molecule has 18 heavy (non-hydrogen) atoms. The second-order valence-electron chi connectivity index (χ2n) is 3.85. The average Bonchev–Trinajstić information content (AvgIpc) is 2.79. The Kier molecular flexibility index (Phi) is 6.21. The lowest BCUT2D eigenvalue weighted by atomic mass is 10.2. The molecular weight excluding hydrogens is 270 g/mol. The Bertz CT molecular complexity index is 392. The third-order valence-corrected chi connectivity index (χ3v) is 4.61. The molecule has 1 amide bonds. The van der Waals surface area contributed by atoms with Gasteiger partial charge in [-0.15, -0.1) is 23.1 Å². The van der Waals surface area contributed by atoms with Crippen molar-refractivity contribution in [2.45, 2.75) is 30.5 Å². The quantitative estimate of drug-likeness (QED) is 0.783. The first kappa shape index (κ1) is 15.0. The summed E-state index contributed by atoms with van der Waals surface area (Å²) >= 11 is 3.10. The highest BCUT2D eigenvalue weighted by molar-refractivity contribution is 8.01. The summed E-state index contributed by atoms with van der Waals surface area (Å²) in [6.45, 7) is 4.18. The normalized spacial score (nSPS) is 12.1. The van der Waals surface area contributed by atoms with Crippen LogP contribution in [0.3, 0.4) is 0 Å². The zero-order valence-electron chi connectivity index (χ0n) is 10.5. The molecule has 0 saturated carbocycles. The van der Waals surface area contributed by atoms with E-state index in [2.05, 4.69) is 0 Å². The second kappa shape index (κ2) is 7.43. The number of carbonyl (C=O) groups excluding carboxylic acids is 1. The molecule has 1 heterocycles. The number of thioether (sulfide) groups is 1. The Balaban J connectivity index is 2.48. The van der Waals surface area contributed by atoms with Gasteiger partial charge in [-0.2, -0.15) is 0 Å².